The molecule has 4 heteroatoms. The Morgan fingerprint density at radius 3 is 0.912 bits per heavy atom. The molecule has 2 aliphatic heterocycles. The smallest absolute Gasteiger partial charge is 0.261 e. The molecule has 0 bridgehead atoms. The first kappa shape index (κ1) is 47.7. The van der Waals surface area contributed by atoms with E-state index < -0.39 is 0 Å². The highest BCUT2D eigenvalue weighted by Crippen LogP contribution is 2.48. The number of benzene rings is 6. The van der Waals surface area contributed by atoms with Crippen LogP contribution in [0.4, 0.5) is 0 Å². The third kappa shape index (κ3) is 10.4. The van der Waals surface area contributed by atoms with Gasteiger partial charge in [0.15, 0.2) is 0 Å². The fraction of sp³-hybridized carbons (Fsp3) is 0.281. The molecular formula is C64H68N2O2. The molecular weight excluding hydrogens is 829 g/mol. The molecule has 6 aromatic rings. The van der Waals surface area contributed by atoms with Gasteiger partial charge in [-0.1, -0.05) is 253 Å². The Morgan fingerprint density at radius 1 is 0.353 bits per heavy atom. The number of nitrogens with zero attached hydrogens (tertiary/aromatic N) is 2. The van der Waals surface area contributed by atoms with Crippen molar-refractivity contribution < 1.29 is 9.59 Å². The van der Waals surface area contributed by atoms with E-state index in [1.165, 1.54) is 22.3 Å². The maximum atomic E-state index is 15.2. The molecule has 0 aromatic heterocycles. The van der Waals surface area contributed by atoms with Crippen molar-refractivity contribution in [3.63, 3.8) is 0 Å². The zero-order valence-corrected chi connectivity index (χ0v) is 42.3. The van der Waals surface area contributed by atoms with Gasteiger partial charge in [0, 0.05) is 0 Å². The Kier molecular flexibility index (Phi) is 12.9. The zero-order valence-electron chi connectivity index (χ0n) is 42.3. The van der Waals surface area contributed by atoms with Gasteiger partial charge in [-0.15, -0.1) is 0 Å². The summed E-state index contributed by atoms with van der Waals surface area (Å²) in [4.78, 5) is 34.0. The minimum atomic E-state index is -0.174. The number of hydrogen-bond donors (Lipinski definition) is 0. The Balaban J connectivity index is 1.20. The van der Waals surface area contributed by atoms with E-state index in [1.54, 1.807) is 0 Å². The summed E-state index contributed by atoms with van der Waals surface area (Å²) >= 11 is 0. The molecule has 0 spiro atoms. The van der Waals surface area contributed by atoms with E-state index in [9.17, 15) is 0 Å². The second-order valence-corrected chi connectivity index (χ2v) is 22.8. The van der Waals surface area contributed by atoms with Crippen LogP contribution in [0.3, 0.4) is 0 Å². The fourth-order valence-corrected chi connectivity index (χ4v) is 8.95. The van der Waals surface area contributed by atoms with Crippen LogP contribution in [0, 0.1) is 0 Å². The molecule has 0 saturated carbocycles. The summed E-state index contributed by atoms with van der Waals surface area (Å²) in [6, 6.07) is 50.4. The van der Waals surface area contributed by atoms with Gasteiger partial charge in [0.05, 0.1) is 35.6 Å². The molecule has 346 valence electrons. The van der Waals surface area contributed by atoms with Gasteiger partial charge in [-0.3, -0.25) is 9.59 Å². The maximum Gasteiger partial charge on any atom is 0.261 e. The molecule has 0 atom stereocenters. The molecule has 6 aromatic carbocycles. The van der Waals surface area contributed by atoms with E-state index in [-0.39, 0.29) is 33.5 Å². The minimum Gasteiger partial charge on any atom is -0.302 e. The van der Waals surface area contributed by atoms with Crippen molar-refractivity contribution in [3.8, 4) is 0 Å². The molecule has 8 rings (SSSR count). The highest BCUT2D eigenvalue weighted by molar-refractivity contribution is 6.30. The molecule has 0 N–H and O–H groups in total. The maximum absolute atomic E-state index is 15.2. The van der Waals surface area contributed by atoms with Gasteiger partial charge in [0.1, 0.15) is 0 Å². The first-order valence-corrected chi connectivity index (χ1v) is 24.1. The molecule has 0 radical (unpaired) electrons. The molecule has 2 heterocycles. The van der Waals surface area contributed by atoms with Crippen molar-refractivity contribution in [2.75, 3.05) is 0 Å². The van der Waals surface area contributed by atoms with Crippen molar-refractivity contribution in [2.24, 2.45) is 0 Å². The third-order valence-electron chi connectivity index (χ3n) is 13.2. The van der Waals surface area contributed by atoms with Crippen molar-refractivity contribution >= 4 is 47.5 Å². The van der Waals surface area contributed by atoms with Crippen molar-refractivity contribution in [1.29, 1.82) is 0 Å². The van der Waals surface area contributed by atoms with E-state index >= 15 is 9.59 Å². The molecule has 2 amide bonds. The van der Waals surface area contributed by atoms with E-state index in [0.29, 0.717) is 35.6 Å². The summed E-state index contributed by atoms with van der Waals surface area (Å²) in [5.74, 6) is -0.347. The number of amides is 2. The van der Waals surface area contributed by atoms with Crippen LogP contribution in [0.1, 0.15) is 150 Å². The van der Waals surface area contributed by atoms with Crippen molar-refractivity contribution in [3.05, 3.63) is 224 Å². The number of carbonyl (C=O) groups excluding carboxylic acids is 2. The SMILES string of the molecule is CC(C)(C)c1cc(C=Cc2ccc(C3=C4C(=O)N(Cc5ccccc5)C(c5ccc(C=Cc6cc(C(C)(C)C)cc(C(C)(C)C)c6)cc5)=C4C(=O)N3Cc3ccccc3)cc2)cc(C(C)(C)C)c1. The molecule has 0 unspecified atom stereocenters. The largest absolute Gasteiger partial charge is 0.302 e. The van der Waals surface area contributed by atoms with Gasteiger partial charge in [-0.25, -0.2) is 0 Å². The molecule has 0 aliphatic carbocycles. The van der Waals surface area contributed by atoms with Crippen LogP contribution in [0.15, 0.2) is 157 Å². The zero-order chi connectivity index (χ0) is 48.8. The fourth-order valence-electron chi connectivity index (χ4n) is 8.95. The summed E-state index contributed by atoms with van der Waals surface area (Å²) in [5.41, 5.74) is 15.5. The minimum absolute atomic E-state index is 0.0174. The molecule has 0 fully saturated rings. The first-order chi connectivity index (χ1) is 32.0. The summed E-state index contributed by atoms with van der Waals surface area (Å²) < 4.78 is 0. The van der Waals surface area contributed by atoms with E-state index in [2.05, 4.69) is 192 Å². The van der Waals surface area contributed by atoms with E-state index in [4.69, 9.17) is 0 Å². The van der Waals surface area contributed by atoms with E-state index in [1.807, 2.05) is 70.5 Å². The summed E-state index contributed by atoms with van der Waals surface area (Å²) in [6.07, 6.45) is 8.67. The number of rotatable bonds is 10. The van der Waals surface area contributed by atoms with E-state index in [0.717, 1.165) is 44.5 Å². The number of fused-ring (bicyclic) bond motifs is 1. The summed E-state index contributed by atoms with van der Waals surface area (Å²) in [7, 11) is 0. The predicted octanol–water partition coefficient (Wildman–Crippen LogP) is 15.4. The average Bonchev–Trinajstić information content (AvgIpc) is 3.73. The first-order valence-electron chi connectivity index (χ1n) is 24.1. The van der Waals surface area contributed by atoms with Crippen LogP contribution >= 0.6 is 0 Å². The van der Waals surface area contributed by atoms with Gasteiger partial charge in [0.2, 0.25) is 0 Å². The van der Waals surface area contributed by atoms with Crippen LogP contribution < -0.4 is 0 Å². The lowest BCUT2D eigenvalue weighted by atomic mass is 9.79. The second-order valence-electron chi connectivity index (χ2n) is 22.8. The lowest BCUT2D eigenvalue weighted by Gasteiger charge is -2.26. The number of hydrogen-bond acceptors (Lipinski definition) is 2. The summed E-state index contributed by atoms with van der Waals surface area (Å²) in [6.45, 7) is 27.8. The highest BCUT2D eigenvalue weighted by atomic mass is 16.2. The van der Waals surface area contributed by atoms with Gasteiger partial charge in [-0.05, 0) is 88.4 Å². The number of carbonyl (C=O) groups is 2. The topological polar surface area (TPSA) is 40.6 Å². The standard InChI is InChI=1S/C64H68N2O2/c1-61(2,3)51-35-47(36-52(39-51)62(4,5)6)25-23-43-27-31-49(32-28-43)57-55-56(60(68)65(57)41-45-19-15-13-16-20-45)58(66(59(55)67)42-46-21-17-14-18-22-46)50-33-29-44(30-34-50)24-26-48-37-53(63(7,8)9)40-54(38-48)64(10,11)12/h13-40H,41-42H2,1-12H3. The van der Waals surface area contributed by atoms with Gasteiger partial charge in [0.25, 0.3) is 11.8 Å². The summed E-state index contributed by atoms with van der Waals surface area (Å²) in [5, 5.41) is 0. The average molecular weight is 897 g/mol. The normalized spacial score (nSPS) is 14.9. The van der Waals surface area contributed by atoms with Crippen molar-refractivity contribution in [2.45, 2.75) is 118 Å². The van der Waals surface area contributed by atoms with Gasteiger partial charge in [-0.2, -0.15) is 0 Å². The van der Waals surface area contributed by atoms with Crippen LogP contribution in [-0.2, 0) is 44.3 Å². The third-order valence-corrected chi connectivity index (χ3v) is 13.2. The van der Waals surface area contributed by atoms with Crippen LogP contribution in [0.5, 0.6) is 0 Å². The van der Waals surface area contributed by atoms with Crippen LogP contribution in [-0.4, -0.2) is 21.6 Å². The van der Waals surface area contributed by atoms with Crippen LogP contribution in [0.25, 0.3) is 35.7 Å². The highest BCUT2D eigenvalue weighted by Gasteiger charge is 2.49. The molecule has 2 aliphatic rings. The molecule has 68 heavy (non-hydrogen) atoms. The quantitative estimate of drug-likeness (QED) is 0.129. The monoisotopic (exact) mass is 897 g/mol. The van der Waals surface area contributed by atoms with Crippen molar-refractivity contribution in [1.82, 2.24) is 9.80 Å². The van der Waals surface area contributed by atoms with Gasteiger partial charge < -0.3 is 9.80 Å². The lowest BCUT2D eigenvalue weighted by Crippen LogP contribution is -2.29. The second kappa shape index (κ2) is 18.4. The predicted molar refractivity (Wildman–Crippen MR) is 286 cm³/mol. The molecule has 4 nitrogen and oxygen atoms in total. The molecule has 0 saturated heterocycles. The van der Waals surface area contributed by atoms with Gasteiger partial charge >= 0.3 is 0 Å². The Morgan fingerprint density at radius 2 is 0.632 bits per heavy atom. The van der Waals surface area contributed by atoms with Crippen LogP contribution in [0.2, 0.25) is 0 Å². The lowest BCUT2D eigenvalue weighted by molar-refractivity contribution is -0.124. The Hall–Kier alpha value is -6.78. The Labute approximate surface area is 406 Å². The Bertz CT molecular complexity index is 2700.